The average Bonchev–Trinajstić information content (AvgIpc) is 3.19. The third-order valence-corrected chi connectivity index (χ3v) is 27.0. The van der Waals surface area contributed by atoms with Gasteiger partial charge in [0.2, 0.25) is 0 Å². The Morgan fingerprint density at radius 2 is 0.903 bits per heavy atom. The van der Waals surface area contributed by atoms with Gasteiger partial charge in [-0.25, -0.2) is 9.59 Å². The summed E-state index contributed by atoms with van der Waals surface area (Å²) < 4.78 is 47.0. The highest BCUT2D eigenvalue weighted by atomic mass is 28.4. The fourth-order valence-electron chi connectivity index (χ4n) is 8.94. The molecule has 0 amide bonds. The van der Waals surface area contributed by atoms with Crippen LogP contribution in [0.25, 0.3) is 0 Å². The van der Waals surface area contributed by atoms with E-state index in [2.05, 4.69) is 90.5 Å². The van der Waals surface area contributed by atoms with E-state index in [4.69, 9.17) is 36.7 Å². The average molecular weight is 936 g/mol. The number of carbonyl (C=O) groups excluding carboxylic acids is 2. The molecule has 1 aliphatic carbocycles. The lowest BCUT2D eigenvalue weighted by molar-refractivity contribution is 0.0517. The molecule has 0 saturated heterocycles. The van der Waals surface area contributed by atoms with Crippen molar-refractivity contribution in [1.29, 1.82) is 0 Å². The minimum Gasteiger partial charge on any atom is -0.455 e. The second-order valence-corrected chi connectivity index (χ2v) is 37.6. The van der Waals surface area contributed by atoms with Gasteiger partial charge in [-0.2, -0.15) is 0 Å². The number of ether oxygens (including phenoxy) is 6. The lowest BCUT2D eigenvalue weighted by Gasteiger charge is -2.39. The zero-order valence-corrected chi connectivity index (χ0v) is 44.9. The highest BCUT2D eigenvalue weighted by Crippen LogP contribution is 2.46. The van der Waals surface area contributed by atoms with Gasteiger partial charge >= 0.3 is 12.3 Å². The normalized spacial score (nSPS) is 14.7. The molecular weight excluding hydrogens is 849 g/mol. The SMILES string of the molecule is CCCC[Si](C)(C)O[Si](C)(C)CCCOCCOC(=O)Oc1ccc(C2(c3ccc(OC(=O)OCCOCCC[Si](C)(C)O[Si](C)(C)CCCC)c(C)c3)CCCCC2)cc1C.[HH]. The third-order valence-electron chi connectivity index (χ3n) is 11.9. The van der Waals surface area contributed by atoms with E-state index in [1.165, 1.54) is 55.3 Å². The van der Waals surface area contributed by atoms with Gasteiger partial charge in [-0.3, -0.25) is 0 Å². The maximum atomic E-state index is 12.6. The van der Waals surface area contributed by atoms with Crippen molar-refractivity contribution in [3.63, 3.8) is 0 Å². The molecule has 0 bridgehead atoms. The summed E-state index contributed by atoms with van der Waals surface area (Å²) in [5.74, 6) is 0.955. The Hall–Kier alpha value is -2.31. The Bertz CT molecular complexity index is 1550. The van der Waals surface area contributed by atoms with Crippen LogP contribution in [-0.4, -0.2) is 85.2 Å². The summed E-state index contributed by atoms with van der Waals surface area (Å²) >= 11 is 0. The highest BCUT2D eigenvalue weighted by molar-refractivity contribution is 6.85. The van der Waals surface area contributed by atoms with Crippen LogP contribution < -0.4 is 9.47 Å². The first-order valence-corrected chi connectivity index (χ1v) is 36.2. The van der Waals surface area contributed by atoms with E-state index >= 15 is 0 Å². The quantitative estimate of drug-likeness (QED) is 0.0354. The van der Waals surface area contributed by atoms with Crippen LogP contribution in [0.5, 0.6) is 11.5 Å². The van der Waals surface area contributed by atoms with Gasteiger partial charge in [-0.1, -0.05) is 83.1 Å². The standard InChI is InChI=1S/C48H84O10Si4.H2/c1-13-15-34-59(5,6)57-61(9,10)36-20-28-51-30-32-53-46(49)55-44-24-22-42(38-40(44)3)48(26-18-17-19-27-48)43-23-25-45(41(4)39-43)56-47(50)54-33-31-52-29-21-37-62(11,12)58-60(7,8)35-16-14-2;/h22-25,38-39H,13-21,26-37H2,1-12H3;1H. The molecule has 0 spiro atoms. The van der Waals surface area contributed by atoms with Gasteiger partial charge in [-0.15, -0.1) is 0 Å². The molecule has 14 heteroatoms. The number of benzene rings is 2. The van der Waals surface area contributed by atoms with E-state index in [9.17, 15) is 9.59 Å². The van der Waals surface area contributed by atoms with Crippen LogP contribution in [0.2, 0.25) is 76.6 Å². The molecule has 2 aromatic rings. The first-order chi connectivity index (χ1) is 29.2. The number of hydrogen-bond acceptors (Lipinski definition) is 10. The summed E-state index contributed by atoms with van der Waals surface area (Å²) in [6, 6.07) is 16.7. The summed E-state index contributed by atoms with van der Waals surface area (Å²) in [4.78, 5) is 25.3. The van der Waals surface area contributed by atoms with Gasteiger partial charge in [0.15, 0.2) is 33.3 Å². The molecule has 0 aliphatic heterocycles. The molecule has 0 heterocycles. The molecular formula is C48H86O10Si4. The molecule has 62 heavy (non-hydrogen) atoms. The number of hydrogen-bond donors (Lipinski definition) is 0. The van der Waals surface area contributed by atoms with E-state index in [0.29, 0.717) is 37.9 Å². The van der Waals surface area contributed by atoms with Crippen molar-refractivity contribution in [2.24, 2.45) is 0 Å². The van der Waals surface area contributed by atoms with Gasteiger partial charge in [0.05, 0.1) is 13.2 Å². The first kappa shape index (κ1) is 54.0. The van der Waals surface area contributed by atoms with Crippen LogP contribution in [0.1, 0.15) is 108 Å². The third kappa shape index (κ3) is 19.4. The summed E-state index contributed by atoms with van der Waals surface area (Å²) in [5.41, 5.74) is 3.87. The molecule has 1 fully saturated rings. The lowest BCUT2D eigenvalue weighted by atomic mass is 9.65. The second-order valence-electron chi connectivity index (χ2n) is 19.9. The summed E-state index contributed by atoms with van der Waals surface area (Å²) in [6.45, 7) is 29.1. The summed E-state index contributed by atoms with van der Waals surface area (Å²) in [5, 5.41) is 0. The van der Waals surface area contributed by atoms with Crippen molar-refractivity contribution >= 4 is 45.6 Å². The van der Waals surface area contributed by atoms with E-state index in [1.54, 1.807) is 0 Å². The van der Waals surface area contributed by atoms with E-state index < -0.39 is 45.6 Å². The zero-order valence-electron chi connectivity index (χ0n) is 40.9. The largest absolute Gasteiger partial charge is 0.513 e. The molecule has 0 radical (unpaired) electrons. The summed E-state index contributed by atoms with van der Waals surface area (Å²) in [6.07, 6.45) is 10.7. The van der Waals surface area contributed by atoms with Gasteiger partial charge in [0, 0.05) is 20.1 Å². The molecule has 0 aromatic heterocycles. The lowest BCUT2D eigenvalue weighted by Crippen LogP contribution is -2.44. The van der Waals surface area contributed by atoms with Crippen molar-refractivity contribution in [1.82, 2.24) is 0 Å². The Morgan fingerprint density at radius 3 is 1.26 bits per heavy atom. The van der Waals surface area contributed by atoms with Crippen LogP contribution in [0, 0.1) is 13.8 Å². The molecule has 0 N–H and O–H groups in total. The monoisotopic (exact) mass is 935 g/mol. The van der Waals surface area contributed by atoms with Crippen molar-refractivity contribution in [3.8, 4) is 11.5 Å². The minimum atomic E-state index is -1.74. The van der Waals surface area contributed by atoms with E-state index in [-0.39, 0.29) is 20.1 Å². The Labute approximate surface area is 381 Å². The molecule has 1 aliphatic rings. The summed E-state index contributed by atoms with van der Waals surface area (Å²) in [7, 11) is -6.71. The fraction of sp³-hybridized carbons (Fsp3) is 0.708. The predicted molar refractivity (Wildman–Crippen MR) is 264 cm³/mol. The maximum absolute atomic E-state index is 12.6. The first-order valence-electron chi connectivity index (χ1n) is 23.7. The zero-order chi connectivity index (χ0) is 45.9. The Kier molecular flexibility index (Phi) is 22.6. The number of aryl methyl sites for hydroxylation is 2. The van der Waals surface area contributed by atoms with Crippen LogP contribution in [0.15, 0.2) is 36.4 Å². The highest BCUT2D eigenvalue weighted by Gasteiger charge is 2.37. The van der Waals surface area contributed by atoms with E-state index in [0.717, 1.165) is 61.7 Å². The number of unbranched alkanes of at least 4 members (excludes halogenated alkanes) is 2. The van der Waals surface area contributed by atoms with Gasteiger partial charge in [-0.05, 0) is 150 Å². The van der Waals surface area contributed by atoms with Crippen molar-refractivity contribution in [2.75, 3.05) is 39.6 Å². The van der Waals surface area contributed by atoms with Crippen molar-refractivity contribution in [2.45, 2.75) is 180 Å². The van der Waals surface area contributed by atoms with Crippen molar-refractivity contribution < 1.29 is 47.7 Å². The molecule has 10 nitrogen and oxygen atoms in total. The van der Waals surface area contributed by atoms with E-state index in [1.807, 2.05) is 26.0 Å². The van der Waals surface area contributed by atoms with Gasteiger partial charge in [0.25, 0.3) is 0 Å². The smallest absolute Gasteiger partial charge is 0.455 e. The minimum absolute atomic E-state index is 0. The van der Waals surface area contributed by atoms with Crippen LogP contribution in [0.3, 0.4) is 0 Å². The maximum Gasteiger partial charge on any atom is 0.513 e. The fourth-order valence-corrected chi connectivity index (χ4v) is 26.9. The second kappa shape index (κ2) is 26.0. The van der Waals surface area contributed by atoms with Crippen molar-refractivity contribution in [3.05, 3.63) is 58.7 Å². The van der Waals surface area contributed by atoms with Gasteiger partial charge in [0.1, 0.15) is 24.7 Å². The Morgan fingerprint density at radius 1 is 0.532 bits per heavy atom. The molecule has 2 aromatic carbocycles. The molecule has 3 rings (SSSR count). The topological polar surface area (TPSA) is 108 Å². The number of carbonyl (C=O) groups is 2. The van der Waals surface area contributed by atoms with Crippen LogP contribution in [-0.2, 0) is 32.6 Å². The van der Waals surface area contributed by atoms with Crippen LogP contribution >= 0.6 is 0 Å². The molecule has 0 unspecified atom stereocenters. The molecule has 0 atom stereocenters. The van der Waals surface area contributed by atoms with Gasteiger partial charge < -0.3 is 36.7 Å². The molecule has 354 valence electrons. The molecule has 1 saturated carbocycles. The number of rotatable bonds is 28. The van der Waals surface area contributed by atoms with Crippen LogP contribution in [0.4, 0.5) is 9.59 Å². The Balaban J connectivity index is 0.0000137. The predicted octanol–water partition coefficient (Wildman–Crippen LogP) is 14.1.